The Morgan fingerprint density at radius 3 is 2.32 bits per heavy atom. The molecule has 0 radical (unpaired) electrons. The zero-order valence-electron chi connectivity index (χ0n) is 25.2. The van der Waals surface area contributed by atoms with Gasteiger partial charge in [0.1, 0.15) is 29.5 Å². The number of rotatable bonds is 12. The Morgan fingerprint density at radius 1 is 1.02 bits per heavy atom. The number of likely N-dealkylation sites (N-methyl/N-ethyl adjacent to an activating group) is 1. The van der Waals surface area contributed by atoms with E-state index >= 15 is 0 Å². The third-order valence-corrected chi connectivity index (χ3v) is 6.59. The van der Waals surface area contributed by atoms with E-state index in [9.17, 15) is 29.5 Å². The number of benzene rings is 2. The summed E-state index contributed by atoms with van der Waals surface area (Å²) >= 11 is 0. The number of nitrogens with one attached hydrogen (secondary N) is 3. The lowest BCUT2D eigenvalue weighted by Gasteiger charge is -2.24. The maximum absolute atomic E-state index is 13.4. The molecule has 4 amide bonds. The van der Waals surface area contributed by atoms with Crippen LogP contribution in [0.4, 0.5) is 0 Å². The molecule has 230 valence electrons. The molecule has 12 nitrogen and oxygen atoms in total. The average Bonchev–Trinajstić information content (AvgIpc) is 3.43. The van der Waals surface area contributed by atoms with Crippen molar-refractivity contribution in [2.45, 2.75) is 51.9 Å². The number of hydrogen-bond acceptors (Lipinski definition) is 8. The van der Waals surface area contributed by atoms with Gasteiger partial charge in [-0.05, 0) is 43.5 Å². The fourth-order valence-electron chi connectivity index (χ4n) is 4.18. The number of aromatic nitrogens is 1. The first-order chi connectivity index (χ1) is 20.9. The number of carbonyl (C=O) groups excluding carboxylic acids is 4. The summed E-state index contributed by atoms with van der Waals surface area (Å²) in [4.78, 5) is 53.1. The van der Waals surface area contributed by atoms with Crippen molar-refractivity contribution < 1.29 is 28.8 Å². The maximum Gasteiger partial charge on any atom is 0.274 e. The number of nitriles is 1. The lowest BCUT2D eigenvalue weighted by molar-refractivity contribution is -0.131. The molecule has 3 rings (SSSR count). The second-order valence-electron chi connectivity index (χ2n) is 10.6. The first-order valence-electron chi connectivity index (χ1n) is 13.9. The number of aliphatic hydroxyl groups excluding tert-OH is 1. The highest BCUT2D eigenvalue weighted by atomic mass is 16.5. The molecule has 12 heteroatoms. The molecule has 1 aromatic heterocycles. The normalized spacial score (nSPS) is 13.2. The summed E-state index contributed by atoms with van der Waals surface area (Å²) in [6.45, 7) is 5.10. The van der Waals surface area contributed by atoms with E-state index in [2.05, 4.69) is 21.1 Å². The summed E-state index contributed by atoms with van der Waals surface area (Å²) in [6.07, 6.45) is 0.163. The van der Waals surface area contributed by atoms with E-state index in [0.29, 0.717) is 16.9 Å². The van der Waals surface area contributed by atoms with Crippen molar-refractivity contribution in [1.82, 2.24) is 26.0 Å². The minimum Gasteiger partial charge on any atom is -0.391 e. The molecule has 0 spiro atoms. The van der Waals surface area contributed by atoms with Gasteiger partial charge in [-0.3, -0.25) is 19.2 Å². The van der Waals surface area contributed by atoms with Crippen LogP contribution >= 0.6 is 0 Å². The smallest absolute Gasteiger partial charge is 0.274 e. The summed E-state index contributed by atoms with van der Waals surface area (Å²) in [5, 5.41) is 31.4. The van der Waals surface area contributed by atoms with E-state index in [1.54, 1.807) is 45.3 Å². The molecule has 44 heavy (non-hydrogen) atoms. The van der Waals surface area contributed by atoms with Crippen LogP contribution in [0.15, 0.2) is 64.7 Å². The Balaban J connectivity index is 1.85. The third kappa shape index (κ3) is 9.37. The van der Waals surface area contributed by atoms with Crippen LogP contribution in [0.3, 0.4) is 0 Å². The Hall–Kier alpha value is -5.28. The van der Waals surface area contributed by atoms with Crippen molar-refractivity contribution >= 4 is 29.7 Å². The molecule has 0 aliphatic carbocycles. The highest BCUT2D eigenvalue weighted by Crippen LogP contribution is 2.14. The first kappa shape index (κ1) is 33.2. The number of carbonyl (C=O) groups is 4. The quantitative estimate of drug-likeness (QED) is 0.180. The van der Waals surface area contributed by atoms with E-state index in [4.69, 9.17) is 4.52 Å². The number of hydrogen-bond donors (Lipinski definition) is 4. The van der Waals surface area contributed by atoms with Crippen molar-refractivity contribution in [3.05, 3.63) is 93.9 Å². The van der Waals surface area contributed by atoms with Crippen molar-refractivity contribution in [1.29, 1.82) is 5.26 Å². The highest BCUT2D eigenvalue weighted by Gasteiger charge is 2.31. The molecule has 0 bridgehead atoms. The molecule has 0 saturated heterocycles. The Bertz CT molecular complexity index is 1570. The molecule has 2 aromatic carbocycles. The van der Waals surface area contributed by atoms with Crippen LogP contribution < -0.4 is 16.0 Å². The topological polar surface area (TPSA) is 178 Å². The summed E-state index contributed by atoms with van der Waals surface area (Å²) in [5.41, 5.74) is 2.97. The Labute approximate surface area is 255 Å². The van der Waals surface area contributed by atoms with E-state index < -0.39 is 41.8 Å². The molecule has 3 atom stereocenters. The summed E-state index contributed by atoms with van der Waals surface area (Å²) < 4.78 is 4.92. The van der Waals surface area contributed by atoms with Crippen LogP contribution in [0.5, 0.6) is 0 Å². The van der Waals surface area contributed by atoms with E-state index in [1.807, 2.05) is 37.3 Å². The molecule has 1 heterocycles. The second kappa shape index (κ2) is 15.3. The fraction of sp³-hybridized carbons (Fsp3) is 0.312. The van der Waals surface area contributed by atoms with Gasteiger partial charge in [0.15, 0.2) is 5.69 Å². The Morgan fingerprint density at radius 2 is 1.73 bits per heavy atom. The van der Waals surface area contributed by atoms with Crippen molar-refractivity contribution in [2.24, 2.45) is 0 Å². The molecular formula is C32H36N6O6. The molecule has 0 aliphatic heterocycles. The number of amides is 4. The summed E-state index contributed by atoms with van der Waals surface area (Å²) in [7, 11) is 3.09. The molecular weight excluding hydrogens is 564 g/mol. The predicted molar refractivity (Wildman–Crippen MR) is 162 cm³/mol. The summed E-state index contributed by atoms with van der Waals surface area (Å²) in [6, 6.07) is 15.2. The average molecular weight is 601 g/mol. The zero-order valence-corrected chi connectivity index (χ0v) is 25.2. The van der Waals surface area contributed by atoms with Crippen LogP contribution in [0.1, 0.15) is 45.4 Å². The van der Waals surface area contributed by atoms with Crippen molar-refractivity contribution in [2.75, 3.05) is 14.1 Å². The molecule has 0 aliphatic rings. The van der Waals surface area contributed by atoms with Gasteiger partial charge in [-0.2, -0.15) is 5.26 Å². The number of aliphatic hydroxyl groups is 1. The molecule has 3 aromatic rings. The highest BCUT2D eigenvalue weighted by molar-refractivity contribution is 6.01. The standard InChI is InChI=1S/C32H36N6O6/c1-19-9-11-22(12-10-19)18-34-29(40)26(16-24-8-6-7-23(14-24)15-25(17-33)32(43)38(4)5)35-31(42)28(21(3)39)36-30(41)27-13-20(2)44-37-27/h6-15,21,26,28,39H,16,18H2,1-5H3,(H,34,40)(H,35,42)(H,36,41)/t21-,26+,28+/m1/s1. The second-order valence-corrected chi connectivity index (χ2v) is 10.6. The third-order valence-electron chi connectivity index (χ3n) is 6.59. The number of nitrogens with zero attached hydrogens (tertiary/aromatic N) is 3. The molecule has 0 unspecified atom stereocenters. The van der Waals surface area contributed by atoms with Crippen LogP contribution in [0.25, 0.3) is 6.08 Å². The monoisotopic (exact) mass is 600 g/mol. The van der Waals surface area contributed by atoms with Gasteiger partial charge in [0.25, 0.3) is 11.8 Å². The zero-order chi connectivity index (χ0) is 32.4. The SMILES string of the molecule is Cc1ccc(CNC(=O)[C@H](Cc2cccc(C=C(C#N)C(=O)N(C)C)c2)NC(=O)[C@@H](NC(=O)c2cc(C)on2)[C@@H](C)O)cc1. The van der Waals surface area contributed by atoms with Crippen LogP contribution in [0, 0.1) is 25.2 Å². The van der Waals surface area contributed by atoms with Gasteiger partial charge in [-0.15, -0.1) is 0 Å². The van der Waals surface area contributed by atoms with Gasteiger partial charge in [0.05, 0.1) is 6.10 Å². The molecule has 4 N–H and O–H groups in total. The summed E-state index contributed by atoms with van der Waals surface area (Å²) in [5.74, 6) is -2.08. The lowest BCUT2D eigenvalue weighted by Crippen LogP contribution is -2.57. The van der Waals surface area contributed by atoms with Gasteiger partial charge >= 0.3 is 0 Å². The fourth-order valence-corrected chi connectivity index (χ4v) is 4.18. The van der Waals surface area contributed by atoms with Crippen molar-refractivity contribution in [3.63, 3.8) is 0 Å². The minimum atomic E-state index is -1.41. The van der Waals surface area contributed by atoms with Gasteiger partial charge < -0.3 is 30.5 Å². The lowest BCUT2D eigenvalue weighted by atomic mass is 10.0. The van der Waals surface area contributed by atoms with Crippen LogP contribution in [-0.4, -0.2) is 71.1 Å². The number of aryl methyl sites for hydroxylation is 2. The first-order valence-corrected chi connectivity index (χ1v) is 13.9. The minimum absolute atomic E-state index is 0.0274. The van der Waals surface area contributed by atoms with Gasteiger partial charge in [-0.25, -0.2) is 0 Å². The molecule has 0 saturated carbocycles. The van der Waals surface area contributed by atoms with Gasteiger partial charge in [0.2, 0.25) is 11.8 Å². The van der Waals surface area contributed by atoms with E-state index in [-0.39, 0.29) is 24.2 Å². The van der Waals surface area contributed by atoms with Crippen molar-refractivity contribution in [3.8, 4) is 6.07 Å². The van der Waals surface area contributed by atoms with E-state index in [1.165, 1.54) is 24.0 Å². The maximum atomic E-state index is 13.4. The largest absolute Gasteiger partial charge is 0.391 e. The molecule has 0 fully saturated rings. The van der Waals surface area contributed by atoms with Crippen LogP contribution in [0.2, 0.25) is 0 Å². The predicted octanol–water partition coefficient (Wildman–Crippen LogP) is 1.81. The van der Waals surface area contributed by atoms with Gasteiger partial charge in [-0.1, -0.05) is 59.3 Å². The van der Waals surface area contributed by atoms with E-state index in [0.717, 1.165) is 11.1 Å². The van der Waals surface area contributed by atoms with Gasteiger partial charge in [0, 0.05) is 33.1 Å². The van der Waals surface area contributed by atoms with Crippen LogP contribution in [-0.2, 0) is 27.3 Å². The Kier molecular flexibility index (Phi) is 11.5.